The van der Waals surface area contributed by atoms with Crippen LogP contribution in [0.15, 0.2) is 23.2 Å². The molecule has 1 aromatic carbocycles. The molecule has 1 aliphatic heterocycles. The molecule has 0 saturated heterocycles. The Morgan fingerprint density at radius 1 is 1.12 bits per heavy atom. The normalized spacial score (nSPS) is 40.8. The van der Waals surface area contributed by atoms with Gasteiger partial charge in [0.05, 0.1) is 19.2 Å². The molecule has 4 heteroatoms. The van der Waals surface area contributed by atoms with Gasteiger partial charge in [0.2, 0.25) is 0 Å². The third-order valence-electron chi connectivity index (χ3n) is 7.82. The minimum atomic E-state index is 0.154. The lowest BCUT2D eigenvalue weighted by molar-refractivity contribution is -0.0891. The van der Waals surface area contributed by atoms with Crippen molar-refractivity contribution in [3.63, 3.8) is 0 Å². The van der Waals surface area contributed by atoms with Crippen molar-refractivity contribution in [3.8, 4) is 5.75 Å². The van der Waals surface area contributed by atoms with Gasteiger partial charge in [-0.15, -0.1) is 0 Å². The number of nitrogens with zero attached hydrogens (tertiary/aromatic N) is 2. The Balaban J connectivity index is 1.54. The highest BCUT2D eigenvalue weighted by Crippen LogP contribution is 2.64. The Morgan fingerprint density at radius 2 is 1.73 bits per heavy atom. The van der Waals surface area contributed by atoms with Crippen LogP contribution in [0.25, 0.3) is 0 Å². The van der Waals surface area contributed by atoms with E-state index in [2.05, 4.69) is 37.1 Å². The third kappa shape index (κ3) is 2.30. The van der Waals surface area contributed by atoms with E-state index < -0.39 is 0 Å². The molecule has 6 rings (SSSR count). The van der Waals surface area contributed by atoms with Crippen LogP contribution in [0.1, 0.15) is 55.7 Å². The summed E-state index contributed by atoms with van der Waals surface area (Å²) in [5, 5.41) is 0. The number of hydrogen-bond donors (Lipinski definition) is 1. The summed E-state index contributed by atoms with van der Waals surface area (Å²) in [5.41, 5.74) is 9.22. The first kappa shape index (κ1) is 16.5. The third-order valence-corrected chi connectivity index (χ3v) is 7.82. The molecule has 0 amide bonds. The number of nitrogens with two attached hydrogens (primary N) is 1. The smallest absolute Gasteiger partial charge is 0.192 e. The molecule has 140 valence electrons. The zero-order valence-corrected chi connectivity index (χ0v) is 16.2. The van der Waals surface area contributed by atoms with Gasteiger partial charge in [0.25, 0.3) is 0 Å². The number of likely N-dealkylation sites (N-methyl/N-ethyl adjacent to an activating group) is 1. The van der Waals surface area contributed by atoms with E-state index in [9.17, 15) is 0 Å². The molecule has 5 aliphatic rings. The maximum absolute atomic E-state index is 6.36. The molecule has 0 radical (unpaired) electrons. The maximum atomic E-state index is 6.36. The number of rotatable bonds is 3. The van der Waals surface area contributed by atoms with Gasteiger partial charge in [-0.05, 0) is 85.8 Å². The highest BCUT2D eigenvalue weighted by atomic mass is 16.5. The van der Waals surface area contributed by atoms with Crippen LogP contribution in [-0.2, 0) is 0 Å². The lowest BCUT2D eigenvalue weighted by atomic mass is 9.47. The minimum Gasteiger partial charge on any atom is -0.496 e. The fraction of sp³-hybridized carbons (Fsp3) is 0.682. The van der Waals surface area contributed by atoms with Gasteiger partial charge in [-0.25, -0.2) is 4.99 Å². The summed E-state index contributed by atoms with van der Waals surface area (Å²) in [5.74, 6) is 4.48. The van der Waals surface area contributed by atoms with Gasteiger partial charge in [-0.1, -0.05) is 12.1 Å². The summed E-state index contributed by atoms with van der Waals surface area (Å²) in [4.78, 5) is 7.26. The Kier molecular flexibility index (Phi) is 3.57. The molecule has 1 heterocycles. The van der Waals surface area contributed by atoms with Crippen LogP contribution >= 0.6 is 0 Å². The van der Waals surface area contributed by atoms with Crippen molar-refractivity contribution in [2.45, 2.75) is 57.5 Å². The summed E-state index contributed by atoms with van der Waals surface area (Å²) in [7, 11) is 3.90. The van der Waals surface area contributed by atoms with E-state index in [0.29, 0.717) is 17.4 Å². The lowest BCUT2D eigenvalue weighted by Gasteiger charge is -2.60. The number of hydrogen-bond acceptors (Lipinski definition) is 4. The first-order valence-electron chi connectivity index (χ1n) is 10.2. The molecule has 4 nitrogen and oxygen atoms in total. The van der Waals surface area contributed by atoms with E-state index in [1.54, 1.807) is 7.11 Å². The Hall–Kier alpha value is -1.71. The quantitative estimate of drug-likeness (QED) is 0.897. The fourth-order valence-electron chi connectivity index (χ4n) is 7.29. The van der Waals surface area contributed by atoms with Crippen molar-refractivity contribution in [2.75, 3.05) is 14.2 Å². The van der Waals surface area contributed by atoms with Gasteiger partial charge >= 0.3 is 0 Å². The van der Waals surface area contributed by atoms with Gasteiger partial charge < -0.3 is 15.4 Å². The summed E-state index contributed by atoms with van der Waals surface area (Å²) in [6.07, 6.45) is 8.54. The number of guanidine groups is 1. The standard InChI is InChI=1S/C22H31N3O/c1-13-6-17(4-5-18(13)26-3)19-20(25(2)21(23)24-19)22-10-14-7-15(11-22)9-16(8-14)12-22/h4-6,14-16,19-20H,7-12H2,1-3H3,(H2,23,24)/t14?,15?,16?,19-,20?,22?/m1/s1. The van der Waals surface area contributed by atoms with E-state index >= 15 is 0 Å². The summed E-state index contributed by atoms with van der Waals surface area (Å²) >= 11 is 0. The van der Waals surface area contributed by atoms with Crippen LogP contribution in [0.4, 0.5) is 0 Å². The SMILES string of the molecule is COc1ccc([C@H]2N=C(N)N(C)C2C23CC4CC(CC(C4)C2)C3)cc1C. The minimum absolute atomic E-state index is 0.154. The van der Waals surface area contributed by atoms with Crippen LogP contribution in [0, 0.1) is 30.1 Å². The van der Waals surface area contributed by atoms with E-state index in [-0.39, 0.29) is 6.04 Å². The van der Waals surface area contributed by atoms with Crippen molar-refractivity contribution in [2.24, 2.45) is 33.9 Å². The fourth-order valence-corrected chi connectivity index (χ4v) is 7.29. The van der Waals surface area contributed by atoms with Crippen LogP contribution in [0.3, 0.4) is 0 Å². The van der Waals surface area contributed by atoms with Crippen LogP contribution in [0.5, 0.6) is 5.75 Å². The Bertz CT molecular complexity index is 720. The van der Waals surface area contributed by atoms with E-state index in [1.165, 1.54) is 49.7 Å². The number of aliphatic imine (C=N–C) groups is 1. The van der Waals surface area contributed by atoms with E-state index in [1.807, 2.05) is 0 Å². The topological polar surface area (TPSA) is 50.9 Å². The molecule has 4 saturated carbocycles. The molecule has 2 atom stereocenters. The van der Waals surface area contributed by atoms with Crippen LogP contribution in [0.2, 0.25) is 0 Å². The number of ether oxygens (including phenoxy) is 1. The van der Waals surface area contributed by atoms with E-state index in [0.717, 1.165) is 23.5 Å². The highest BCUT2D eigenvalue weighted by Gasteiger charge is 2.58. The zero-order chi connectivity index (χ0) is 18.1. The predicted octanol–water partition coefficient (Wildman–Crippen LogP) is 3.89. The predicted molar refractivity (Wildman–Crippen MR) is 104 cm³/mol. The molecule has 0 aromatic heterocycles. The van der Waals surface area contributed by atoms with Crippen molar-refractivity contribution in [1.29, 1.82) is 0 Å². The molecule has 26 heavy (non-hydrogen) atoms. The van der Waals surface area contributed by atoms with Gasteiger partial charge in [-0.2, -0.15) is 0 Å². The first-order valence-corrected chi connectivity index (χ1v) is 10.2. The molecule has 0 spiro atoms. The van der Waals surface area contributed by atoms with Crippen molar-refractivity contribution in [1.82, 2.24) is 4.90 Å². The van der Waals surface area contributed by atoms with Gasteiger partial charge in [0.15, 0.2) is 5.96 Å². The molecular weight excluding hydrogens is 322 g/mol. The van der Waals surface area contributed by atoms with Crippen LogP contribution < -0.4 is 10.5 Å². The van der Waals surface area contributed by atoms with Crippen LogP contribution in [-0.4, -0.2) is 31.1 Å². The molecular formula is C22H31N3O. The first-order chi connectivity index (χ1) is 12.5. The largest absolute Gasteiger partial charge is 0.496 e. The maximum Gasteiger partial charge on any atom is 0.192 e. The van der Waals surface area contributed by atoms with Gasteiger partial charge in [0, 0.05) is 7.05 Å². The number of methoxy groups -OCH3 is 1. The summed E-state index contributed by atoms with van der Waals surface area (Å²) < 4.78 is 5.46. The second-order valence-electron chi connectivity index (χ2n) is 9.50. The number of aryl methyl sites for hydroxylation is 1. The van der Waals surface area contributed by atoms with Crippen molar-refractivity contribution in [3.05, 3.63) is 29.3 Å². The average Bonchev–Trinajstić information content (AvgIpc) is 2.89. The monoisotopic (exact) mass is 353 g/mol. The zero-order valence-electron chi connectivity index (χ0n) is 16.2. The second-order valence-corrected chi connectivity index (χ2v) is 9.50. The molecule has 1 aromatic rings. The van der Waals surface area contributed by atoms with Crippen molar-refractivity contribution < 1.29 is 4.74 Å². The van der Waals surface area contributed by atoms with Gasteiger partial charge in [0.1, 0.15) is 5.75 Å². The van der Waals surface area contributed by atoms with Crippen molar-refractivity contribution >= 4 is 5.96 Å². The molecule has 4 bridgehead atoms. The second kappa shape index (κ2) is 5.64. The van der Waals surface area contributed by atoms with E-state index in [4.69, 9.17) is 15.5 Å². The molecule has 4 aliphatic carbocycles. The molecule has 4 fully saturated rings. The summed E-state index contributed by atoms with van der Waals surface area (Å²) in [6.45, 7) is 2.12. The average molecular weight is 354 g/mol. The molecule has 1 unspecified atom stereocenters. The lowest BCUT2D eigenvalue weighted by Crippen LogP contribution is -2.57. The highest BCUT2D eigenvalue weighted by molar-refractivity contribution is 5.81. The molecule has 2 N–H and O–H groups in total. The summed E-state index contributed by atoms with van der Waals surface area (Å²) in [6, 6.07) is 7.10. The Labute approximate surface area is 156 Å². The Morgan fingerprint density at radius 3 is 2.27 bits per heavy atom. The number of benzene rings is 1. The van der Waals surface area contributed by atoms with Gasteiger partial charge in [-0.3, -0.25) is 0 Å².